The summed E-state index contributed by atoms with van der Waals surface area (Å²) in [4.78, 5) is 21.3. The fourth-order valence-electron chi connectivity index (χ4n) is 4.00. The number of nitrogens with one attached hydrogen (secondary N) is 1. The summed E-state index contributed by atoms with van der Waals surface area (Å²) in [5, 5.41) is -0.0881. The van der Waals surface area contributed by atoms with Gasteiger partial charge in [-0.1, -0.05) is 37.6 Å². The topological polar surface area (TPSA) is 107 Å². The third kappa shape index (κ3) is 10.8. The van der Waals surface area contributed by atoms with Gasteiger partial charge in [0.2, 0.25) is 15.9 Å². The molecule has 3 aromatic rings. The van der Waals surface area contributed by atoms with Crippen molar-refractivity contribution in [3.8, 4) is 16.5 Å². The van der Waals surface area contributed by atoms with Gasteiger partial charge in [0.05, 0.1) is 37.5 Å². The molecule has 8 nitrogen and oxygen atoms in total. The van der Waals surface area contributed by atoms with Crippen molar-refractivity contribution >= 4 is 50.0 Å². The summed E-state index contributed by atoms with van der Waals surface area (Å²) in [7, 11) is -2.94. The van der Waals surface area contributed by atoms with Gasteiger partial charge in [0, 0.05) is 6.04 Å². The minimum atomic E-state index is -2.94. The number of thiophene rings is 1. The summed E-state index contributed by atoms with van der Waals surface area (Å²) in [6.45, 7) is 11.4. The number of rotatable bonds is 8. The van der Waals surface area contributed by atoms with E-state index in [1.807, 2.05) is 77.9 Å². The van der Waals surface area contributed by atoms with Gasteiger partial charge in [0.15, 0.2) is 0 Å². The minimum Gasteiger partial charge on any atom is -0.473 e. The van der Waals surface area contributed by atoms with Crippen LogP contribution in [-0.4, -0.2) is 47.9 Å². The molecule has 2 aliphatic carbocycles. The van der Waals surface area contributed by atoms with E-state index in [-0.39, 0.29) is 35.4 Å². The predicted molar refractivity (Wildman–Crippen MR) is 167 cm³/mol. The number of benzene rings is 1. The zero-order valence-electron chi connectivity index (χ0n) is 24.7. The molecule has 1 aromatic carbocycles. The molecule has 2 aromatic heterocycles. The van der Waals surface area contributed by atoms with E-state index in [1.165, 1.54) is 24.2 Å². The number of hydrogen-bond donors (Lipinski definition) is 1. The molecule has 0 unspecified atom stereocenters. The van der Waals surface area contributed by atoms with Crippen molar-refractivity contribution in [1.29, 1.82) is 0 Å². The Kier molecular flexibility index (Phi) is 12.4. The van der Waals surface area contributed by atoms with Gasteiger partial charge in [-0.25, -0.2) is 23.1 Å². The van der Waals surface area contributed by atoms with E-state index in [9.17, 15) is 13.2 Å². The van der Waals surface area contributed by atoms with E-state index < -0.39 is 10.0 Å². The molecule has 2 aliphatic rings. The molecule has 0 aliphatic heterocycles. The number of nitrogens with zero attached hydrogens (tertiary/aromatic N) is 2. The van der Waals surface area contributed by atoms with Crippen molar-refractivity contribution in [2.24, 2.45) is 5.92 Å². The van der Waals surface area contributed by atoms with Crippen molar-refractivity contribution in [1.82, 2.24) is 14.7 Å². The van der Waals surface area contributed by atoms with E-state index in [1.54, 1.807) is 0 Å². The maximum absolute atomic E-state index is 11.1. The molecule has 226 valence electrons. The Labute approximate surface area is 253 Å². The van der Waals surface area contributed by atoms with Gasteiger partial charge in [0.1, 0.15) is 11.8 Å². The normalized spacial score (nSPS) is 15.5. The van der Waals surface area contributed by atoms with Crippen molar-refractivity contribution in [2.75, 3.05) is 0 Å². The molecule has 5 rings (SSSR count). The number of carbonyl (C=O) groups is 1. The Balaban J connectivity index is 0.000000187. The monoisotopic (exact) mass is 623 g/mol. The molecular weight excluding hydrogens is 582 g/mol. The van der Waals surface area contributed by atoms with Gasteiger partial charge in [-0.05, 0) is 90.5 Å². The van der Waals surface area contributed by atoms with Gasteiger partial charge in [0.25, 0.3) is 0 Å². The van der Waals surface area contributed by atoms with Gasteiger partial charge in [-0.2, -0.15) is 0 Å². The molecule has 41 heavy (non-hydrogen) atoms. The average Bonchev–Trinajstić information content (AvgIpc) is 3.49. The standard InChI is InChI=1S/C15H13ClN2OS.C9H16O2.C6H13NO2S/c1-9(2)19-15-14(12-7-8-13(16)20-12)17-10-5-3-4-6-11(10)18-15;1-7(2)9(10)11-8-5-3-4-6-8;1-5(2)7-10(8,9)6-3-4-6/h3-9H,1-2H3;7-8H,3-6H2,1-2H3;5-7H,3-4H2,1-2H3. The number of para-hydroxylation sites is 2. The van der Waals surface area contributed by atoms with Gasteiger partial charge >= 0.3 is 5.97 Å². The molecule has 2 heterocycles. The largest absolute Gasteiger partial charge is 0.473 e. The molecule has 2 fully saturated rings. The molecule has 1 N–H and O–H groups in total. The van der Waals surface area contributed by atoms with Crippen molar-refractivity contribution in [3.05, 3.63) is 40.7 Å². The highest BCUT2D eigenvalue weighted by Gasteiger charge is 2.35. The Hall–Kier alpha value is -2.27. The maximum atomic E-state index is 11.1. The third-order valence-corrected chi connectivity index (χ3v) is 9.50. The molecule has 0 amide bonds. The summed E-state index contributed by atoms with van der Waals surface area (Å²) in [6, 6.07) is 11.6. The number of carbonyl (C=O) groups excluding carboxylic acids is 1. The Bertz CT molecular complexity index is 1380. The first-order valence-corrected chi connectivity index (χ1v) is 17.0. The second-order valence-corrected chi connectivity index (χ2v) is 14.9. The van der Waals surface area contributed by atoms with E-state index in [0.717, 1.165) is 51.6 Å². The summed E-state index contributed by atoms with van der Waals surface area (Å²) >= 11 is 7.49. The highest BCUT2D eigenvalue weighted by Crippen LogP contribution is 2.36. The second kappa shape index (κ2) is 15.3. The van der Waals surface area contributed by atoms with Crippen LogP contribution in [0.15, 0.2) is 36.4 Å². The first-order valence-electron chi connectivity index (χ1n) is 14.3. The molecule has 0 bridgehead atoms. The van der Waals surface area contributed by atoms with Gasteiger partial charge in [-0.15, -0.1) is 11.3 Å². The predicted octanol–water partition coefficient (Wildman–Crippen LogP) is 7.40. The molecule has 0 saturated heterocycles. The lowest BCUT2D eigenvalue weighted by molar-refractivity contribution is -0.152. The molecule has 0 spiro atoms. The van der Waals surface area contributed by atoms with Crippen LogP contribution in [0, 0.1) is 5.92 Å². The number of halogens is 1. The zero-order valence-corrected chi connectivity index (χ0v) is 27.1. The minimum absolute atomic E-state index is 0.0237. The highest BCUT2D eigenvalue weighted by molar-refractivity contribution is 7.90. The number of fused-ring (bicyclic) bond motifs is 1. The lowest BCUT2D eigenvalue weighted by atomic mass is 10.2. The number of aromatic nitrogens is 2. The van der Waals surface area contributed by atoms with Crippen LogP contribution in [-0.2, 0) is 19.6 Å². The SMILES string of the molecule is CC(C)C(=O)OC1CCCC1.CC(C)NS(=O)(=O)C1CC1.CC(C)Oc1nc2ccccc2nc1-c1ccc(Cl)s1. The fraction of sp³-hybridized carbons (Fsp3) is 0.567. The van der Waals surface area contributed by atoms with Crippen molar-refractivity contribution < 1.29 is 22.7 Å². The Morgan fingerprint density at radius 1 is 0.951 bits per heavy atom. The van der Waals surface area contributed by atoms with Crippen molar-refractivity contribution in [3.63, 3.8) is 0 Å². The molecule has 0 radical (unpaired) electrons. The molecule has 0 atom stereocenters. The van der Waals surface area contributed by atoms with Crippen LogP contribution < -0.4 is 9.46 Å². The first-order chi connectivity index (χ1) is 19.4. The Morgan fingerprint density at radius 2 is 1.56 bits per heavy atom. The molecule has 11 heteroatoms. The lowest BCUT2D eigenvalue weighted by Gasteiger charge is -2.12. The fourth-order valence-corrected chi connectivity index (χ4v) is 6.63. The Morgan fingerprint density at radius 3 is 2.05 bits per heavy atom. The van der Waals surface area contributed by atoms with Crippen LogP contribution in [0.2, 0.25) is 4.34 Å². The second-order valence-electron chi connectivity index (χ2n) is 11.2. The first kappa shape index (κ1) is 33.2. The van der Waals surface area contributed by atoms with E-state index in [0.29, 0.717) is 5.88 Å². The quantitative estimate of drug-likeness (QED) is 0.260. The summed E-state index contributed by atoms with van der Waals surface area (Å²) < 4.78 is 36.5. The smallest absolute Gasteiger partial charge is 0.308 e. The lowest BCUT2D eigenvalue weighted by Crippen LogP contribution is -2.32. The van der Waals surface area contributed by atoms with Crippen LogP contribution in [0.25, 0.3) is 21.6 Å². The van der Waals surface area contributed by atoms with Crippen LogP contribution in [0.1, 0.15) is 80.1 Å². The summed E-state index contributed by atoms with van der Waals surface area (Å²) in [5.41, 5.74) is 2.42. The van der Waals surface area contributed by atoms with Gasteiger partial charge < -0.3 is 9.47 Å². The number of esters is 1. The van der Waals surface area contributed by atoms with Crippen molar-refractivity contribution in [2.45, 2.75) is 104 Å². The van der Waals surface area contributed by atoms with Gasteiger partial charge in [-0.3, -0.25) is 4.79 Å². The summed E-state index contributed by atoms with van der Waals surface area (Å²) in [5.74, 6) is 0.532. The van der Waals surface area contributed by atoms with Crippen LogP contribution in [0.4, 0.5) is 0 Å². The number of ether oxygens (including phenoxy) is 2. The van der Waals surface area contributed by atoms with E-state index in [4.69, 9.17) is 21.1 Å². The van der Waals surface area contributed by atoms with Crippen LogP contribution in [0.3, 0.4) is 0 Å². The number of hydrogen-bond acceptors (Lipinski definition) is 8. The maximum Gasteiger partial charge on any atom is 0.308 e. The van der Waals surface area contributed by atoms with Crippen LogP contribution >= 0.6 is 22.9 Å². The number of sulfonamides is 1. The van der Waals surface area contributed by atoms with Crippen LogP contribution in [0.5, 0.6) is 5.88 Å². The summed E-state index contributed by atoms with van der Waals surface area (Å²) in [6.07, 6.45) is 6.51. The van der Waals surface area contributed by atoms with E-state index in [2.05, 4.69) is 14.7 Å². The molecular formula is C30H42ClN3O5S2. The third-order valence-electron chi connectivity index (χ3n) is 6.11. The molecule has 2 saturated carbocycles. The van der Waals surface area contributed by atoms with E-state index >= 15 is 0 Å². The average molecular weight is 624 g/mol. The highest BCUT2D eigenvalue weighted by atomic mass is 35.5. The zero-order chi connectivity index (χ0) is 30.2.